The van der Waals surface area contributed by atoms with Gasteiger partial charge in [-0.1, -0.05) is 17.7 Å². The second-order valence-electron chi connectivity index (χ2n) is 6.64. The van der Waals surface area contributed by atoms with E-state index in [1.807, 2.05) is 0 Å². The molecule has 1 aromatic heterocycles. The number of halogens is 5. The van der Waals surface area contributed by atoms with E-state index < -0.39 is 6.43 Å². The Balaban J connectivity index is 1.56. The van der Waals surface area contributed by atoms with Crippen molar-refractivity contribution in [3.63, 3.8) is 0 Å². The summed E-state index contributed by atoms with van der Waals surface area (Å²) in [6.07, 6.45) is -2.70. The van der Waals surface area contributed by atoms with Crippen LogP contribution in [0.3, 0.4) is 0 Å². The van der Waals surface area contributed by atoms with Crippen LogP contribution in [0.1, 0.15) is 23.4 Å². The van der Waals surface area contributed by atoms with Crippen LogP contribution in [0, 0.1) is 12.7 Å². The van der Waals surface area contributed by atoms with Gasteiger partial charge in [-0.3, -0.25) is 14.4 Å². The van der Waals surface area contributed by atoms with Crippen LogP contribution in [0.4, 0.5) is 13.2 Å². The summed E-state index contributed by atoms with van der Waals surface area (Å²) in [4.78, 5) is 16.4. The van der Waals surface area contributed by atoms with E-state index in [4.69, 9.17) is 11.6 Å². The maximum absolute atomic E-state index is 13.2. The van der Waals surface area contributed by atoms with E-state index in [0.717, 1.165) is 5.56 Å². The van der Waals surface area contributed by atoms with Gasteiger partial charge in [0.25, 0.3) is 6.43 Å². The fourth-order valence-electron chi connectivity index (χ4n) is 3.12. The quantitative estimate of drug-likeness (QED) is 0.650. The molecule has 2 heterocycles. The molecule has 0 bridgehead atoms. The summed E-state index contributed by atoms with van der Waals surface area (Å²) in [7, 11) is 0. The molecule has 0 spiro atoms. The summed E-state index contributed by atoms with van der Waals surface area (Å²) in [6, 6.07) is 4.32. The van der Waals surface area contributed by atoms with Gasteiger partial charge >= 0.3 is 0 Å². The highest BCUT2D eigenvalue weighted by Crippen LogP contribution is 2.29. The molecule has 1 amide bonds. The second kappa shape index (κ2) is 8.84. The molecule has 2 aromatic rings. The predicted molar refractivity (Wildman–Crippen MR) is 103 cm³/mol. The summed E-state index contributed by atoms with van der Waals surface area (Å²) < 4.78 is 40.6. The molecule has 10 heteroatoms. The van der Waals surface area contributed by atoms with Crippen LogP contribution in [0.2, 0.25) is 5.02 Å². The monoisotopic (exact) mass is 478 g/mol. The highest BCUT2D eigenvalue weighted by atomic mass is 79.9. The maximum Gasteiger partial charge on any atom is 0.283 e. The van der Waals surface area contributed by atoms with Crippen molar-refractivity contribution in [2.45, 2.75) is 26.4 Å². The van der Waals surface area contributed by atoms with E-state index in [2.05, 4.69) is 25.9 Å². The van der Waals surface area contributed by atoms with Crippen molar-refractivity contribution in [1.29, 1.82) is 0 Å². The standard InChI is InChI=1S/C18H19BrClF3N4O/c1-11-16(19)17(18(22)23)24-27(11)10-15(28)26-6-4-25(5-7-26)9-12-2-3-13(21)8-14(12)20/h2-3,8,18H,4-7,9-10H2,1H3. The van der Waals surface area contributed by atoms with E-state index in [1.54, 1.807) is 17.9 Å². The average Bonchev–Trinajstić information content (AvgIpc) is 2.93. The zero-order valence-electron chi connectivity index (χ0n) is 15.1. The molecule has 1 saturated heterocycles. The molecular weight excluding hydrogens is 461 g/mol. The zero-order valence-corrected chi connectivity index (χ0v) is 17.5. The predicted octanol–water partition coefficient (Wildman–Crippen LogP) is 4.03. The Morgan fingerprint density at radius 2 is 1.96 bits per heavy atom. The summed E-state index contributed by atoms with van der Waals surface area (Å²) in [5.74, 6) is -0.543. The van der Waals surface area contributed by atoms with Gasteiger partial charge in [0.05, 0.1) is 10.2 Å². The number of hydrogen-bond acceptors (Lipinski definition) is 3. The first-order valence-electron chi connectivity index (χ1n) is 8.71. The molecule has 0 atom stereocenters. The van der Waals surface area contributed by atoms with Crippen molar-refractivity contribution in [3.05, 3.63) is 50.5 Å². The van der Waals surface area contributed by atoms with E-state index in [0.29, 0.717) is 43.4 Å². The lowest BCUT2D eigenvalue weighted by molar-refractivity contribution is -0.133. The van der Waals surface area contributed by atoms with E-state index in [-0.39, 0.29) is 28.4 Å². The first kappa shape index (κ1) is 21.1. The molecule has 1 aromatic carbocycles. The minimum absolute atomic E-state index is 0.0824. The van der Waals surface area contributed by atoms with Gasteiger partial charge in [0.15, 0.2) is 0 Å². The Hall–Kier alpha value is -1.58. The second-order valence-corrected chi connectivity index (χ2v) is 7.84. The van der Waals surface area contributed by atoms with Gasteiger partial charge in [-0.25, -0.2) is 13.2 Å². The third kappa shape index (κ3) is 4.69. The number of benzene rings is 1. The van der Waals surface area contributed by atoms with Gasteiger partial charge in [-0.15, -0.1) is 0 Å². The third-order valence-electron chi connectivity index (χ3n) is 4.78. The van der Waals surface area contributed by atoms with Crippen molar-refractivity contribution in [1.82, 2.24) is 19.6 Å². The molecule has 0 saturated carbocycles. The van der Waals surface area contributed by atoms with Crippen LogP contribution >= 0.6 is 27.5 Å². The summed E-state index contributed by atoms with van der Waals surface area (Å²) in [5.41, 5.74) is 0.971. The first-order chi connectivity index (χ1) is 13.3. The summed E-state index contributed by atoms with van der Waals surface area (Å²) >= 11 is 9.18. The SMILES string of the molecule is Cc1c(Br)c(C(F)F)nn1CC(=O)N1CCN(Cc2ccc(F)cc2Cl)CC1. The molecule has 1 aliphatic heterocycles. The van der Waals surface area contributed by atoms with Gasteiger partial charge in [0.1, 0.15) is 18.1 Å². The highest BCUT2D eigenvalue weighted by Gasteiger charge is 2.25. The van der Waals surface area contributed by atoms with Crippen LogP contribution in [-0.4, -0.2) is 51.7 Å². The smallest absolute Gasteiger partial charge is 0.283 e. The Bertz CT molecular complexity index is 869. The normalized spacial score (nSPS) is 15.5. The molecule has 0 radical (unpaired) electrons. The number of carbonyl (C=O) groups is 1. The molecule has 3 rings (SSSR count). The number of alkyl halides is 2. The molecule has 28 heavy (non-hydrogen) atoms. The van der Waals surface area contributed by atoms with E-state index >= 15 is 0 Å². The molecule has 152 valence electrons. The van der Waals surface area contributed by atoms with E-state index in [1.165, 1.54) is 16.8 Å². The van der Waals surface area contributed by atoms with Gasteiger partial charge in [0, 0.05) is 37.7 Å². The maximum atomic E-state index is 13.2. The highest BCUT2D eigenvalue weighted by molar-refractivity contribution is 9.10. The molecule has 1 aliphatic rings. The van der Waals surface area contributed by atoms with Crippen molar-refractivity contribution >= 4 is 33.4 Å². The summed E-state index contributed by atoms with van der Waals surface area (Å²) in [5, 5.41) is 4.23. The number of piperazine rings is 1. The Morgan fingerprint density at radius 1 is 1.29 bits per heavy atom. The van der Waals surface area contributed by atoms with Gasteiger partial charge in [-0.05, 0) is 40.5 Å². The molecule has 5 nitrogen and oxygen atoms in total. The van der Waals surface area contributed by atoms with Gasteiger partial charge in [0.2, 0.25) is 5.91 Å². The van der Waals surface area contributed by atoms with Crippen molar-refractivity contribution in [3.8, 4) is 0 Å². The van der Waals surface area contributed by atoms with Crippen LogP contribution in [0.5, 0.6) is 0 Å². The molecule has 0 unspecified atom stereocenters. The lowest BCUT2D eigenvalue weighted by atomic mass is 10.2. The number of rotatable bonds is 5. The van der Waals surface area contributed by atoms with Crippen molar-refractivity contribution in [2.24, 2.45) is 0 Å². The number of amides is 1. The fraction of sp³-hybridized carbons (Fsp3) is 0.444. The van der Waals surface area contributed by atoms with Crippen molar-refractivity contribution in [2.75, 3.05) is 26.2 Å². The lowest BCUT2D eigenvalue weighted by Crippen LogP contribution is -2.49. The number of carbonyl (C=O) groups excluding carboxylic acids is 1. The van der Waals surface area contributed by atoms with Crippen LogP contribution in [-0.2, 0) is 17.9 Å². The van der Waals surface area contributed by atoms with Crippen LogP contribution in [0.15, 0.2) is 22.7 Å². The fourth-order valence-corrected chi connectivity index (χ4v) is 3.80. The lowest BCUT2D eigenvalue weighted by Gasteiger charge is -2.35. The van der Waals surface area contributed by atoms with Crippen molar-refractivity contribution < 1.29 is 18.0 Å². The minimum atomic E-state index is -2.70. The average molecular weight is 480 g/mol. The summed E-state index contributed by atoms with van der Waals surface area (Å²) in [6.45, 7) is 4.44. The Morgan fingerprint density at radius 3 is 2.54 bits per heavy atom. The molecule has 1 fully saturated rings. The topological polar surface area (TPSA) is 41.4 Å². The first-order valence-corrected chi connectivity index (χ1v) is 9.88. The zero-order chi connectivity index (χ0) is 20.4. The third-order valence-corrected chi connectivity index (χ3v) is 6.12. The Kier molecular flexibility index (Phi) is 6.67. The Labute approximate surface area is 174 Å². The molecule has 0 N–H and O–H groups in total. The van der Waals surface area contributed by atoms with Crippen LogP contribution in [0.25, 0.3) is 0 Å². The largest absolute Gasteiger partial charge is 0.339 e. The van der Waals surface area contributed by atoms with E-state index in [9.17, 15) is 18.0 Å². The van der Waals surface area contributed by atoms with Crippen LogP contribution < -0.4 is 0 Å². The number of nitrogens with zero attached hydrogens (tertiary/aromatic N) is 4. The van der Waals surface area contributed by atoms with Gasteiger partial charge < -0.3 is 4.90 Å². The number of hydrogen-bond donors (Lipinski definition) is 0. The minimum Gasteiger partial charge on any atom is -0.339 e. The van der Waals surface area contributed by atoms with Gasteiger partial charge in [-0.2, -0.15) is 5.10 Å². The number of aromatic nitrogens is 2. The molecule has 0 aliphatic carbocycles. The molecular formula is C18H19BrClF3N4O.